The van der Waals surface area contributed by atoms with E-state index in [1.807, 2.05) is 0 Å². The lowest BCUT2D eigenvalue weighted by atomic mass is 10.1. The van der Waals surface area contributed by atoms with Gasteiger partial charge in [0.15, 0.2) is 5.01 Å². The molecule has 0 bridgehead atoms. The summed E-state index contributed by atoms with van der Waals surface area (Å²) in [4.78, 5) is 28.9. The molecule has 7 nitrogen and oxygen atoms in total. The van der Waals surface area contributed by atoms with Crippen molar-refractivity contribution in [2.24, 2.45) is 0 Å². The Hall–Kier alpha value is -2.71. The lowest BCUT2D eigenvalue weighted by Crippen LogP contribution is -2.17. The molecular formula is C17H12ClN3O4S. The highest BCUT2D eigenvalue weighted by molar-refractivity contribution is 7.16. The standard InChI is InChI=1S/C17H12ClN3O4S/c1-9-4-15(22)21-17(19-9)26-14(20-21)8-25-16(23)11-5-10-6-12(18)2-3-13(10)24-7-11/h2-6H,7-8H2,1H3. The third-order valence-corrected chi connectivity index (χ3v) is 4.81. The van der Waals surface area contributed by atoms with Gasteiger partial charge in [-0.25, -0.2) is 9.78 Å². The Labute approximate surface area is 156 Å². The predicted molar refractivity (Wildman–Crippen MR) is 96.6 cm³/mol. The van der Waals surface area contributed by atoms with E-state index in [0.717, 1.165) is 5.56 Å². The number of fused-ring (bicyclic) bond motifs is 2. The van der Waals surface area contributed by atoms with Crippen LogP contribution in [0.2, 0.25) is 5.02 Å². The maximum Gasteiger partial charge on any atom is 0.337 e. The summed E-state index contributed by atoms with van der Waals surface area (Å²) in [6.45, 7) is 1.80. The van der Waals surface area contributed by atoms with E-state index in [0.29, 0.717) is 32.0 Å². The van der Waals surface area contributed by atoms with E-state index in [2.05, 4.69) is 10.1 Å². The van der Waals surface area contributed by atoms with Crippen LogP contribution in [0.3, 0.4) is 0 Å². The molecule has 132 valence electrons. The van der Waals surface area contributed by atoms with Crippen LogP contribution >= 0.6 is 22.9 Å². The van der Waals surface area contributed by atoms with Crippen LogP contribution in [0, 0.1) is 6.92 Å². The molecule has 0 atom stereocenters. The Kier molecular flexibility index (Phi) is 4.21. The van der Waals surface area contributed by atoms with Gasteiger partial charge >= 0.3 is 5.97 Å². The zero-order valence-corrected chi connectivity index (χ0v) is 15.1. The lowest BCUT2D eigenvalue weighted by molar-refractivity contribution is -0.140. The van der Waals surface area contributed by atoms with E-state index in [1.165, 1.54) is 21.9 Å². The Bertz CT molecular complexity index is 1120. The summed E-state index contributed by atoms with van der Waals surface area (Å²) in [5, 5.41) is 5.17. The van der Waals surface area contributed by atoms with Crippen molar-refractivity contribution in [2.75, 3.05) is 6.61 Å². The predicted octanol–water partition coefficient (Wildman–Crippen LogP) is 2.63. The highest BCUT2D eigenvalue weighted by Gasteiger charge is 2.19. The molecule has 26 heavy (non-hydrogen) atoms. The minimum absolute atomic E-state index is 0.0505. The van der Waals surface area contributed by atoms with E-state index >= 15 is 0 Å². The molecule has 0 N–H and O–H groups in total. The van der Waals surface area contributed by atoms with Crippen LogP contribution < -0.4 is 10.3 Å². The number of benzene rings is 1. The molecule has 0 radical (unpaired) electrons. The first-order valence-corrected chi connectivity index (χ1v) is 8.85. The normalized spacial score (nSPS) is 13.1. The van der Waals surface area contributed by atoms with Gasteiger partial charge in [0.1, 0.15) is 19.0 Å². The Morgan fingerprint density at radius 2 is 2.27 bits per heavy atom. The van der Waals surface area contributed by atoms with E-state index < -0.39 is 5.97 Å². The average molecular weight is 390 g/mol. The highest BCUT2D eigenvalue weighted by atomic mass is 35.5. The molecule has 0 spiro atoms. The second-order valence-electron chi connectivity index (χ2n) is 5.64. The number of aryl methyl sites for hydroxylation is 1. The van der Waals surface area contributed by atoms with Gasteiger partial charge in [-0.3, -0.25) is 4.79 Å². The van der Waals surface area contributed by atoms with Crippen LogP contribution in [0.4, 0.5) is 0 Å². The van der Waals surface area contributed by atoms with Crippen molar-refractivity contribution in [1.29, 1.82) is 0 Å². The van der Waals surface area contributed by atoms with E-state index in [-0.39, 0.29) is 18.8 Å². The number of halogens is 1. The van der Waals surface area contributed by atoms with Gasteiger partial charge in [0.05, 0.1) is 5.57 Å². The van der Waals surface area contributed by atoms with Gasteiger partial charge in [-0.1, -0.05) is 22.9 Å². The third kappa shape index (κ3) is 3.21. The van der Waals surface area contributed by atoms with Gasteiger partial charge in [-0.15, -0.1) is 0 Å². The number of ether oxygens (including phenoxy) is 2. The van der Waals surface area contributed by atoms with Crippen molar-refractivity contribution in [3.05, 3.63) is 61.5 Å². The molecule has 1 aliphatic heterocycles. The molecule has 1 aliphatic rings. The molecule has 1 aromatic carbocycles. The number of esters is 1. The number of hydrogen-bond donors (Lipinski definition) is 0. The Morgan fingerprint density at radius 1 is 1.42 bits per heavy atom. The summed E-state index contributed by atoms with van der Waals surface area (Å²) >= 11 is 7.17. The fourth-order valence-electron chi connectivity index (χ4n) is 2.50. The number of rotatable bonds is 3. The number of carbonyl (C=O) groups excluding carboxylic acids is 1. The largest absolute Gasteiger partial charge is 0.488 e. The number of aromatic nitrogens is 3. The first kappa shape index (κ1) is 16.7. The van der Waals surface area contributed by atoms with Crippen LogP contribution in [-0.2, 0) is 16.1 Å². The molecule has 2 aromatic heterocycles. The second-order valence-corrected chi connectivity index (χ2v) is 7.12. The van der Waals surface area contributed by atoms with E-state index in [1.54, 1.807) is 31.2 Å². The van der Waals surface area contributed by atoms with E-state index in [4.69, 9.17) is 21.1 Å². The fourth-order valence-corrected chi connectivity index (χ4v) is 3.54. The molecule has 0 saturated carbocycles. The minimum atomic E-state index is -0.508. The molecule has 0 amide bonds. The molecule has 0 saturated heterocycles. The summed E-state index contributed by atoms with van der Waals surface area (Å²) in [7, 11) is 0. The SMILES string of the molecule is Cc1cc(=O)n2nc(COC(=O)C3=Cc4cc(Cl)ccc4OC3)sc2n1. The monoisotopic (exact) mass is 389 g/mol. The van der Waals surface area contributed by atoms with Crippen molar-refractivity contribution in [1.82, 2.24) is 14.6 Å². The molecule has 0 unspecified atom stereocenters. The van der Waals surface area contributed by atoms with Gasteiger partial charge < -0.3 is 9.47 Å². The second kappa shape index (κ2) is 6.54. The number of hydrogen-bond acceptors (Lipinski definition) is 7. The minimum Gasteiger partial charge on any atom is -0.488 e. The van der Waals surface area contributed by atoms with Gasteiger partial charge in [0, 0.05) is 22.3 Å². The zero-order chi connectivity index (χ0) is 18.3. The summed E-state index contributed by atoms with van der Waals surface area (Å²) in [5.74, 6) is 0.157. The number of carbonyl (C=O) groups is 1. The molecule has 0 aliphatic carbocycles. The van der Waals surface area contributed by atoms with Gasteiger partial charge in [-0.2, -0.15) is 9.61 Å². The molecule has 4 rings (SSSR count). The van der Waals surface area contributed by atoms with Crippen molar-refractivity contribution in [3.8, 4) is 5.75 Å². The molecule has 3 aromatic rings. The van der Waals surface area contributed by atoms with Crippen LogP contribution in [0.25, 0.3) is 11.0 Å². The van der Waals surface area contributed by atoms with Gasteiger partial charge in [0.25, 0.3) is 5.56 Å². The fraction of sp³-hybridized carbons (Fsp3) is 0.176. The maximum absolute atomic E-state index is 12.3. The smallest absolute Gasteiger partial charge is 0.337 e. The molecule has 9 heteroatoms. The topological polar surface area (TPSA) is 82.8 Å². The average Bonchev–Trinajstić information content (AvgIpc) is 3.02. The van der Waals surface area contributed by atoms with Gasteiger partial charge in [-0.05, 0) is 31.2 Å². The summed E-state index contributed by atoms with van der Waals surface area (Å²) in [6, 6.07) is 6.60. The van der Waals surface area contributed by atoms with Crippen molar-refractivity contribution in [3.63, 3.8) is 0 Å². The zero-order valence-electron chi connectivity index (χ0n) is 13.6. The summed E-state index contributed by atoms with van der Waals surface area (Å²) < 4.78 is 12.0. The highest BCUT2D eigenvalue weighted by Crippen LogP contribution is 2.29. The van der Waals surface area contributed by atoms with Crippen molar-refractivity contribution in [2.45, 2.75) is 13.5 Å². The van der Waals surface area contributed by atoms with Crippen molar-refractivity contribution < 1.29 is 14.3 Å². The Morgan fingerprint density at radius 3 is 3.12 bits per heavy atom. The number of nitrogens with zero attached hydrogens (tertiary/aromatic N) is 3. The van der Waals surface area contributed by atoms with E-state index in [9.17, 15) is 9.59 Å². The maximum atomic E-state index is 12.3. The van der Waals surface area contributed by atoms with Crippen molar-refractivity contribution >= 4 is 39.9 Å². The van der Waals surface area contributed by atoms with Crippen LogP contribution in [0.15, 0.2) is 34.6 Å². The molecule has 0 fully saturated rings. The van der Waals surface area contributed by atoms with Crippen LogP contribution in [-0.4, -0.2) is 27.2 Å². The third-order valence-electron chi connectivity index (χ3n) is 3.69. The quantitative estimate of drug-likeness (QED) is 0.640. The van der Waals surface area contributed by atoms with Gasteiger partial charge in [0.2, 0.25) is 4.96 Å². The Balaban J connectivity index is 1.51. The molecular weight excluding hydrogens is 378 g/mol. The summed E-state index contributed by atoms with van der Waals surface area (Å²) in [6.07, 6.45) is 1.70. The summed E-state index contributed by atoms with van der Waals surface area (Å²) in [5.41, 5.74) is 1.45. The van der Waals surface area contributed by atoms with Crippen LogP contribution in [0.1, 0.15) is 16.3 Å². The first-order valence-electron chi connectivity index (χ1n) is 7.66. The lowest BCUT2D eigenvalue weighted by Gasteiger charge is -2.17. The van der Waals surface area contributed by atoms with Crippen LogP contribution in [0.5, 0.6) is 5.75 Å². The molecule has 3 heterocycles. The first-order chi connectivity index (χ1) is 12.5.